The van der Waals surface area contributed by atoms with Crippen LogP contribution in [0.15, 0.2) is 48.5 Å². The standard InChI is InChI=1S/C15H15ClFNO3S/c16-13-7-3-1-5-11(13)10-22(20,21)18-15(9-19)12-6-2-4-8-14(12)17/h1-8,15,18-19H,9-10H2/t15-/m1/s1. The predicted molar refractivity (Wildman–Crippen MR) is 83.4 cm³/mol. The maximum absolute atomic E-state index is 13.7. The lowest BCUT2D eigenvalue weighted by molar-refractivity contribution is 0.256. The van der Waals surface area contributed by atoms with Crippen molar-refractivity contribution in [2.75, 3.05) is 6.61 Å². The Bertz CT molecular complexity index is 752. The van der Waals surface area contributed by atoms with E-state index in [1.54, 1.807) is 30.3 Å². The van der Waals surface area contributed by atoms with Gasteiger partial charge in [-0.2, -0.15) is 0 Å². The summed E-state index contributed by atoms with van der Waals surface area (Å²) in [6, 6.07) is 11.2. The van der Waals surface area contributed by atoms with E-state index < -0.39 is 28.5 Å². The van der Waals surface area contributed by atoms with Crippen molar-refractivity contribution in [1.29, 1.82) is 0 Å². The molecule has 0 aliphatic heterocycles. The van der Waals surface area contributed by atoms with E-state index in [2.05, 4.69) is 4.72 Å². The third-order valence-electron chi connectivity index (χ3n) is 3.09. The van der Waals surface area contributed by atoms with Crippen LogP contribution in [0.2, 0.25) is 5.02 Å². The average molecular weight is 344 g/mol. The summed E-state index contributed by atoms with van der Waals surface area (Å²) >= 11 is 5.94. The Morgan fingerprint density at radius 1 is 1.14 bits per heavy atom. The zero-order valence-electron chi connectivity index (χ0n) is 11.5. The van der Waals surface area contributed by atoms with Crippen molar-refractivity contribution in [2.24, 2.45) is 0 Å². The highest BCUT2D eigenvalue weighted by Crippen LogP contribution is 2.21. The van der Waals surface area contributed by atoms with E-state index in [0.29, 0.717) is 10.6 Å². The molecule has 0 bridgehead atoms. The first-order valence-corrected chi connectivity index (χ1v) is 8.54. The van der Waals surface area contributed by atoms with E-state index in [9.17, 15) is 17.9 Å². The van der Waals surface area contributed by atoms with Crippen LogP contribution in [0.25, 0.3) is 0 Å². The van der Waals surface area contributed by atoms with Gasteiger partial charge in [0.15, 0.2) is 0 Å². The van der Waals surface area contributed by atoms with Gasteiger partial charge in [-0.25, -0.2) is 17.5 Å². The van der Waals surface area contributed by atoms with Crippen molar-refractivity contribution in [3.8, 4) is 0 Å². The van der Waals surface area contributed by atoms with Gasteiger partial charge in [0.25, 0.3) is 0 Å². The van der Waals surface area contributed by atoms with E-state index in [1.807, 2.05) is 0 Å². The molecule has 2 aromatic rings. The number of aliphatic hydroxyl groups is 1. The molecule has 4 nitrogen and oxygen atoms in total. The zero-order chi connectivity index (χ0) is 16.2. The molecule has 22 heavy (non-hydrogen) atoms. The molecule has 7 heteroatoms. The molecule has 118 valence electrons. The second kappa shape index (κ2) is 7.19. The number of sulfonamides is 1. The molecule has 1 atom stereocenters. The number of hydrogen-bond donors (Lipinski definition) is 2. The average Bonchev–Trinajstić information content (AvgIpc) is 2.48. The Kier molecular flexibility index (Phi) is 5.52. The van der Waals surface area contributed by atoms with E-state index in [-0.39, 0.29) is 11.3 Å². The Morgan fingerprint density at radius 3 is 2.41 bits per heavy atom. The normalized spacial score (nSPS) is 13.0. The summed E-state index contributed by atoms with van der Waals surface area (Å²) in [6.45, 7) is -0.553. The Hall–Kier alpha value is -1.47. The van der Waals surface area contributed by atoms with Gasteiger partial charge in [0, 0.05) is 10.6 Å². The number of rotatable bonds is 6. The summed E-state index contributed by atoms with van der Waals surface area (Å²) in [4.78, 5) is 0. The topological polar surface area (TPSA) is 66.4 Å². The molecule has 0 amide bonds. The third-order valence-corrected chi connectivity index (χ3v) is 4.79. The summed E-state index contributed by atoms with van der Waals surface area (Å²) in [6.07, 6.45) is 0. The van der Waals surface area contributed by atoms with Crippen LogP contribution < -0.4 is 4.72 Å². The van der Waals surface area contributed by atoms with Gasteiger partial charge in [0.05, 0.1) is 18.4 Å². The van der Waals surface area contributed by atoms with Gasteiger partial charge in [-0.1, -0.05) is 48.0 Å². The molecule has 2 aromatic carbocycles. The van der Waals surface area contributed by atoms with Crippen LogP contribution in [-0.2, 0) is 15.8 Å². The van der Waals surface area contributed by atoms with Crippen molar-refractivity contribution in [2.45, 2.75) is 11.8 Å². The molecule has 0 unspecified atom stereocenters. The molecule has 0 aliphatic carbocycles. The first kappa shape index (κ1) is 16.9. The van der Waals surface area contributed by atoms with Gasteiger partial charge in [-0.05, 0) is 17.7 Å². The van der Waals surface area contributed by atoms with Crippen LogP contribution in [-0.4, -0.2) is 20.1 Å². The van der Waals surface area contributed by atoms with Crippen LogP contribution >= 0.6 is 11.6 Å². The molecule has 0 aliphatic rings. The van der Waals surface area contributed by atoms with E-state index in [0.717, 1.165) is 0 Å². The molecule has 0 saturated heterocycles. The van der Waals surface area contributed by atoms with Crippen molar-refractivity contribution in [3.05, 3.63) is 70.5 Å². The molecule has 0 aromatic heterocycles. The van der Waals surface area contributed by atoms with Gasteiger partial charge in [-0.15, -0.1) is 0 Å². The quantitative estimate of drug-likeness (QED) is 0.847. The predicted octanol–water partition coefficient (Wildman–Crippen LogP) is 2.63. The van der Waals surface area contributed by atoms with Crippen LogP contribution in [0.4, 0.5) is 4.39 Å². The first-order valence-electron chi connectivity index (χ1n) is 6.51. The van der Waals surface area contributed by atoms with E-state index in [1.165, 1.54) is 18.2 Å². The zero-order valence-corrected chi connectivity index (χ0v) is 13.1. The number of aliphatic hydroxyl groups excluding tert-OH is 1. The molecule has 0 saturated carbocycles. The SMILES string of the molecule is O=S(=O)(Cc1ccccc1Cl)N[C@H](CO)c1ccccc1F. The monoisotopic (exact) mass is 343 g/mol. The molecule has 0 fully saturated rings. The van der Waals surface area contributed by atoms with Crippen molar-refractivity contribution >= 4 is 21.6 Å². The third kappa shape index (κ3) is 4.27. The van der Waals surface area contributed by atoms with Gasteiger partial charge in [0.1, 0.15) is 5.82 Å². The molecule has 0 spiro atoms. The number of nitrogens with one attached hydrogen (secondary N) is 1. The Morgan fingerprint density at radius 2 is 1.77 bits per heavy atom. The van der Waals surface area contributed by atoms with Gasteiger partial charge in [-0.3, -0.25) is 0 Å². The minimum absolute atomic E-state index is 0.0905. The van der Waals surface area contributed by atoms with Gasteiger partial charge >= 0.3 is 0 Å². The van der Waals surface area contributed by atoms with Crippen LogP contribution in [0, 0.1) is 5.82 Å². The number of hydrogen-bond acceptors (Lipinski definition) is 3. The second-order valence-corrected chi connectivity index (χ2v) is 6.89. The number of benzene rings is 2. The highest BCUT2D eigenvalue weighted by atomic mass is 35.5. The maximum atomic E-state index is 13.7. The molecule has 2 N–H and O–H groups in total. The van der Waals surface area contributed by atoms with Gasteiger partial charge < -0.3 is 5.11 Å². The summed E-state index contributed by atoms with van der Waals surface area (Å²) in [5, 5.41) is 9.70. The number of halogens is 2. The largest absolute Gasteiger partial charge is 0.394 e. The lowest BCUT2D eigenvalue weighted by Gasteiger charge is -2.17. The smallest absolute Gasteiger partial charge is 0.216 e. The fourth-order valence-corrected chi connectivity index (χ4v) is 3.70. The van der Waals surface area contributed by atoms with Gasteiger partial charge in [0.2, 0.25) is 10.0 Å². The lowest BCUT2D eigenvalue weighted by Crippen LogP contribution is -2.32. The Balaban J connectivity index is 2.20. The Labute approximate surface area is 133 Å². The van der Waals surface area contributed by atoms with Crippen molar-refractivity contribution in [1.82, 2.24) is 4.72 Å². The first-order chi connectivity index (χ1) is 10.4. The fraction of sp³-hybridized carbons (Fsp3) is 0.200. The van der Waals surface area contributed by atoms with Crippen LogP contribution in [0.3, 0.4) is 0 Å². The lowest BCUT2D eigenvalue weighted by atomic mass is 10.1. The van der Waals surface area contributed by atoms with E-state index >= 15 is 0 Å². The minimum atomic E-state index is -3.79. The molecular formula is C15H15ClFNO3S. The highest BCUT2D eigenvalue weighted by molar-refractivity contribution is 7.88. The molecule has 2 rings (SSSR count). The summed E-state index contributed by atoms with van der Waals surface area (Å²) in [5.41, 5.74) is 0.523. The van der Waals surface area contributed by atoms with Crippen molar-refractivity contribution < 1.29 is 17.9 Å². The summed E-state index contributed by atoms with van der Waals surface area (Å²) in [7, 11) is -3.79. The van der Waals surface area contributed by atoms with Crippen LogP contribution in [0.1, 0.15) is 17.2 Å². The minimum Gasteiger partial charge on any atom is -0.394 e. The summed E-state index contributed by atoms with van der Waals surface area (Å²) in [5.74, 6) is -0.931. The summed E-state index contributed by atoms with van der Waals surface area (Å²) < 4.78 is 40.4. The fourth-order valence-electron chi connectivity index (χ4n) is 2.04. The molecular weight excluding hydrogens is 329 g/mol. The molecule has 0 heterocycles. The second-order valence-electron chi connectivity index (χ2n) is 4.73. The van der Waals surface area contributed by atoms with Crippen LogP contribution in [0.5, 0.6) is 0 Å². The molecule has 0 radical (unpaired) electrons. The highest BCUT2D eigenvalue weighted by Gasteiger charge is 2.22. The van der Waals surface area contributed by atoms with Crippen molar-refractivity contribution in [3.63, 3.8) is 0 Å². The van der Waals surface area contributed by atoms with E-state index in [4.69, 9.17) is 11.6 Å². The maximum Gasteiger partial charge on any atom is 0.216 e.